The van der Waals surface area contributed by atoms with Gasteiger partial charge in [-0.2, -0.15) is 0 Å². The van der Waals surface area contributed by atoms with E-state index >= 15 is 0 Å². The monoisotopic (exact) mass is 422 g/mol. The zero-order chi connectivity index (χ0) is 21.7. The average Bonchev–Trinajstić information content (AvgIpc) is 2.98. The number of amides is 1. The van der Waals surface area contributed by atoms with Crippen LogP contribution in [0.4, 0.5) is 0 Å². The zero-order valence-corrected chi connectivity index (χ0v) is 18.4. The molecule has 0 bridgehead atoms. The minimum atomic E-state index is -0.351. The summed E-state index contributed by atoms with van der Waals surface area (Å²) in [6.45, 7) is 5.77. The van der Waals surface area contributed by atoms with E-state index in [0.717, 1.165) is 63.1 Å². The fraction of sp³-hybridized carbons (Fsp3) is 0.500. The van der Waals surface area contributed by atoms with Gasteiger partial charge in [0.15, 0.2) is 0 Å². The van der Waals surface area contributed by atoms with Gasteiger partial charge in [-0.3, -0.25) is 9.69 Å². The van der Waals surface area contributed by atoms with Crippen molar-refractivity contribution in [1.82, 2.24) is 10.2 Å². The van der Waals surface area contributed by atoms with E-state index in [1.54, 1.807) is 0 Å². The number of benzene rings is 2. The van der Waals surface area contributed by atoms with Gasteiger partial charge in [0.1, 0.15) is 0 Å². The predicted octanol–water partition coefficient (Wildman–Crippen LogP) is 3.30. The summed E-state index contributed by atoms with van der Waals surface area (Å²) in [5, 5.41) is 14.2. The predicted molar refractivity (Wildman–Crippen MR) is 122 cm³/mol. The van der Waals surface area contributed by atoms with Crippen molar-refractivity contribution in [2.24, 2.45) is 0 Å². The normalized spacial score (nSPS) is 27.4. The van der Waals surface area contributed by atoms with E-state index < -0.39 is 0 Å². The molecule has 31 heavy (non-hydrogen) atoms. The highest BCUT2D eigenvalue weighted by atomic mass is 16.5. The third-order valence-electron chi connectivity index (χ3n) is 7.16. The van der Waals surface area contributed by atoms with Crippen molar-refractivity contribution in [3.63, 3.8) is 0 Å². The van der Waals surface area contributed by atoms with Crippen LogP contribution in [0.3, 0.4) is 0 Å². The third-order valence-corrected chi connectivity index (χ3v) is 7.16. The maximum absolute atomic E-state index is 13.0. The number of carbonyl (C=O) groups is 1. The van der Waals surface area contributed by atoms with Crippen molar-refractivity contribution in [2.75, 3.05) is 32.8 Å². The van der Waals surface area contributed by atoms with Gasteiger partial charge < -0.3 is 15.2 Å². The van der Waals surface area contributed by atoms with Crippen LogP contribution in [0.2, 0.25) is 0 Å². The lowest BCUT2D eigenvalue weighted by molar-refractivity contribution is -0.0236. The zero-order valence-electron chi connectivity index (χ0n) is 18.4. The first-order valence-electron chi connectivity index (χ1n) is 11.5. The van der Waals surface area contributed by atoms with E-state index in [1.807, 2.05) is 37.3 Å². The lowest BCUT2D eigenvalue weighted by Gasteiger charge is -2.37. The molecular formula is C26H34N2O3. The van der Waals surface area contributed by atoms with Crippen LogP contribution in [0.15, 0.2) is 54.6 Å². The molecule has 1 heterocycles. The van der Waals surface area contributed by atoms with Gasteiger partial charge in [0.25, 0.3) is 5.91 Å². The first kappa shape index (κ1) is 22.0. The van der Waals surface area contributed by atoms with Gasteiger partial charge in [-0.1, -0.05) is 48.5 Å². The van der Waals surface area contributed by atoms with Crippen LogP contribution in [0.5, 0.6) is 0 Å². The molecule has 2 aromatic carbocycles. The number of aryl methyl sites for hydroxylation is 1. The van der Waals surface area contributed by atoms with E-state index in [1.165, 1.54) is 5.56 Å². The molecule has 0 aromatic heterocycles. The molecule has 1 saturated heterocycles. The number of hydrogen-bond acceptors (Lipinski definition) is 4. The summed E-state index contributed by atoms with van der Waals surface area (Å²) in [5.41, 5.74) is 2.78. The standard InChI is InChI=1S/C26H34N2O3/c1-20-7-5-6-10-22(20)25(30)27-19-26(21-8-3-2-4-9-21)13-11-23(24(29)12-14-26)28-15-17-31-18-16-28/h2-10,23-24,29H,11-19H2,1H3,(H,27,30)/t23-,24-,26-/m1/s1. The summed E-state index contributed by atoms with van der Waals surface area (Å²) in [6.07, 6.45) is 3.08. The van der Waals surface area contributed by atoms with Crippen molar-refractivity contribution < 1.29 is 14.6 Å². The Bertz CT molecular complexity index is 866. The number of aliphatic hydroxyl groups is 1. The highest BCUT2D eigenvalue weighted by molar-refractivity contribution is 5.95. The largest absolute Gasteiger partial charge is 0.391 e. The molecule has 5 nitrogen and oxygen atoms in total. The number of carbonyl (C=O) groups excluding carboxylic acids is 1. The van der Waals surface area contributed by atoms with Crippen LogP contribution in [-0.2, 0) is 10.2 Å². The maximum atomic E-state index is 13.0. The van der Waals surface area contributed by atoms with Gasteiger partial charge in [0, 0.05) is 36.7 Å². The molecule has 1 saturated carbocycles. The quantitative estimate of drug-likeness (QED) is 0.726. The molecule has 0 unspecified atom stereocenters. The summed E-state index contributed by atoms with van der Waals surface area (Å²) in [7, 11) is 0. The van der Waals surface area contributed by atoms with Crippen LogP contribution >= 0.6 is 0 Å². The molecule has 2 aliphatic rings. The second-order valence-corrected chi connectivity index (χ2v) is 9.00. The molecule has 2 fully saturated rings. The Balaban J connectivity index is 1.54. The van der Waals surface area contributed by atoms with E-state index in [-0.39, 0.29) is 23.5 Å². The molecule has 1 amide bonds. The number of nitrogens with one attached hydrogen (secondary N) is 1. The molecule has 1 aliphatic carbocycles. The molecule has 5 heteroatoms. The number of ether oxygens (including phenoxy) is 1. The molecule has 4 rings (SSSR count). The summed E-state index contributed by atoms with van der Waals surface area (Å²) in [6, 6.07) is 18.4. The molecule has 2 aromatic rings. The van der Waals surface area contributed by atoms with E-state index in [0.29, 0.717) is 6.54 Å². The molecule has 0 spiro atoms. The van der Waals surface area contributed by atoms with Gasteiger partial charge in [-0.05, 0) is 49.8 Å². The van der Waals surface area contributed by atoms with Crippen LogP contribution in [0, 0.1) is 6.92 Å². The molecular weight excluding hydrogens is 388 g/mol. The smallest absolute Gasteiger partial charge is 0.251 e. The number of aliphatic hydroxyl groups excluding tert-OH is 1. The fourth-order valence-electron chi connectivity index (χ4n) is 5.22. The summed E-state index contributed by atoms with van der Waals surface area (Å²) in [4.78, 5) is 15.4. The van der Waals surface area contributed by atoms with Gasteiger partial charge in [-0.15, -0.1) is 0 Å². The molecule has 3 atom stereocenters. The SMILES string of the molecule is Cc1ccccc1C(=O)NC[C@]1(c2ccccc2)CC[C@@H](O)[C@H](N2CCOCC2)CC1. The minimum Gasteiger partial charge on any atom is -0.391 e. The Morgan fingerprint density at radius 3 is 2.48 bits per heavy atom. The number of rotatable bonds is 5. The summed E-state index contributed by atoms with van der Waals surface area (Å²) >= 11 is 0. The summed E-state index contributed by atoms with van der Waals surface area (Å²) < 4.78 is 5.51. The molecule has 1 aliphatic heterocycles. The number of morpholine rings is 1. The maximum Gasteiger partial charge on any atom is 0.251 e. The van der Waals surface area contributed by atoms with Gasteiger partial charge in [0.2, 0.25) is 0 Å². The van der Waals surface area contributed by atoms with Crippen molar-refractivity contribution >= 4 is 5.91 Å². The van der Waals surface area contributed by atoms with Crippen LogP contribution < -0.4 is 5.32 Å². The van der Waals surface area contributed by atoms with E-state index in [2.05, 4.69) is 34.5 Å². The first-order chi connectivity index (χ1) is 15.1. The van der Waals surface area contributed by atoms with Crippen molar-refractivity contribution in [3.05, 3.63) is 71.3 Å². The minimum absolute atomic E-state index is 0.0251. The average molecular weight is 423 g/mol. The third kappa shape index (κ3) is 5.00. The Morgan fingerprint density at radius 1 is 1.06 bits per heavy atom. The topological polar surface area (TPSA) is 61.8 Å². The first-order valence-corrected chi connectivity index (χ1v) is 11.5. The second-order valence-electron chi connectivity index (χ2n) is 9.00. The molecule has 2 N–H and O–H groups in total. The van der Waals surface area contributed by atoms with E-state index in [9.17, 15) is 9.90 Å². The second kappa shape index (κ2) is 9.94. The van der Waals surface area contributed by atoms with Gasteiger partial charge in [0.05, 0.1) is 19.3 Å². The Labute approximate surface area is 185 Å². The van der Waals surface area contributed by atoms with Crippen LogP contribution in [-0.4, -0.2) is 60.9 Å². The lowest BCUT2D eigenvalue weighted by atomic mass is 9.74. The van der Waals surface area contributed by atoms with Crippen molar-refractivity contribution in [2.45, 2.75) is 50.2 Å². The summed E-state index contributed by atoms with van der Waals surface area (Å²) in [5.74, 6) is -0.0251. The molecule has 0 radical (unpaired) electrons. The molecule has 166 valence electrons. The van der Waals surface area contributed by atoms with Crippen LogP contribution in [0.25, 0.3) is 0 Å². The van der Waals surface area contributed by atoms with E-state index in [4.69, 9.17) is 4.74 Å². The Morgan fingerprint density at radius 2 is 1.74 bits per heavy atom. The Kier molecular flexibility index (Phi) is 7.06. The van der Waals surface area contributed by atoms with Crippen molar-refractivity contribution in [3.8, 4) is 0 Å². The highest BCUT2D eigenvalue weighted by Gasteiger charge is 2.40. The number of nitrogens with zero attached hydrogens (tertiary/aromatic N) is 1. The van der Waals surface area contributed by atoms with Crippen molar-refractivity contribution in [1.29, 1.82) is 0 Å². The fourth-order valence-corrected chi connectivity index (χ4v) is 5.22. The van der Waals surface area contributed by atoms with Crippen LogP contribution in [0.1, 0.15) is 47.2 Å². The highest BCUT2D eigenvalue weighted by Crippen LogP contribution is 2.39. The van der Waals surface area contributed by atoms with Gasteiger partial charge in [-0.25, -0.2) is 0 Å². The Hall–Kier alpha value is -2.21. The van der Waals surface area contributed by atoms with Gasteiger partial charge >= 0.3 is 0 Å². The lowest BCUT2D eigenvalue weighted by Crippen LogP contribution is -2.48. The number of hydrogen-bond donors (Lipinski definition) is 2.